The summed E-state index contributed by atoms with van der Waals surface area (Å²) in [7, 11) is 0. The first-order valence-corrected chi connectivity index (χ1v) is 19.4. The van der Waals surface area contributed by atoms with Crippen LogP contribution < -0.4 is 5.73 Å². The van der Waals surface area contributed by atoms with Gasteiger partial charge in [-0.1, -0.05) is 6.92 Å². The summed E-state index contributed by atoms with van der Waals surface area (Å²) < 4.78 is 16.1. The van der Waals surface area contributed by atoms with Crippen molar-refractivity contribution < 1.29 is 53.1 Å². The highest BCUT2D eigenvalue weighted by Crippen LogP contribution is 2.52. The Morgan fingerprint density at radius 1 is 0.914 bits per heavy atom. The number of rotatable bonds is 14. The molecule has 2 aromatic rings. The van der Waals surface area contributed by atoms with Gasteiger partial charge in [-0.15, -0.1) is 11.8 Å². The minimum absolute atomic E-state index is 0.00447. The number of primary amides is 1. The molecule has 310 valence electrons. The van der Waals surface area contributed by atoms with Crippen LogP contribution in [-0.2, 0) is 41.8 Å². The molecule has 4 amide bonds. The van der Waals surface area contributed by atoms with E-state index in [1.165, 1.54) is 77.0 Å². The molecule has 0 unspecified atom stereocenters. The molecule has 3 fully saturated rings. The van der Waals surface area contributed by atoms with Crippen LogP contribution in [0.5, 0.6) is 0 Å². The molecule has 0 radical (unpaired) electrons. The second-order valence-electron chi connectivity index (χ2n) is 14.4. The Bertz CT molecular complexity index is 1970. The van der Waals surface area contributed by atoms with Gasteiger partial charge in [0.2, 0.25) is 11.8 Å². The highest BCUT2D eigenvalue weighted by molar-refractivity contribution is 8.03. The highest BCUT2D eigenvalue weighted by atomic mass is 32.2. The van der Waals surface area contributed by atoms with Gasteiger partial charge in [0.25, 0.3) is 11.4 Å². The first kappa shape index (κ1) is 41.8. The van der Waals surface area contributed by atoms with Crippen LogP contribution in [0.4, 0.5) is 21.0 Å². The fraction of sp³-hybridized carbons (Fsp3) is 0.486. The second kappa shape index (κ2) is 17.8. The average molecular weight is 826 g/mol. The zero-order valence-corrected chi connectivity index (χ0v) is 32.5. The number of nitro groups is 2. The van der Waals surface area contributed by atoms with Crippen molar-refractivity contribution in [1.29, 1.82) is 0 Å². The number of fused-ring (bicyclic) bond motifs is 1. The van der Waals surface area contributed by atoms with Gasteiger partial charge in [0.1, 0.15) is 31.6 Å². The summed E-state index contributed by atoms with van der Waals surface area (Å²) in [6.45, 7) is 5.08. The lowest BCUT2D eigenvalue weighted by Gasteiger charge is -2.46. The predicted octanol–water partition coefficient (Wildman–Crippen LogP) is 2.37. The third-order valence-corrected chi connectivity index (χ3v) is 12.2. The zero-order chi connectivity index (χ0) is 41.8. The van der Waals surface area contributed by atoms with Gasteiger partial charge < -0.3 is 34.9 Å². The van der Waals surface area contributed by atoms with E-state index in [-0.39, 0.29) is 55.8 Å². The van der Waals surface area contributed by atoms with Crippen molar-refractivity contribution in [3.8, 4) is 0 Å². The molecule has 3 saturated heterocycles. The number of nitrogens with two attached hydrogens (primary N) is 1. The molecule has 6 rings (SSSR count). The minimum Gasteiger partial charge on any atom is -0.456 e. The Balaban J connectivity index is 1.21. The number of benzene rings is 2. The first-order valence-electron chi connectivity index (χ1n) is 18.6. The van der Waals surface area contributed by atoms with Crippen molar-refractivity contribution >= 4 is 53.1 Å². The van der Waals surface area contributed by atoms with Gasteiger partial charge in [-0.3, -0.25) is 39.6 Å². The topological polar surface area (TPSA) is 259 Å². The van der Waals surface area contributed by atoms with Gasteiger partial charge in [0.05, 0.1) is 27.9 Å². The fourth-order valence-electron chi connectivity index (χ4n) is 7.72. The van der Waals surface area contributed by atoms with E-state index >= 15 is 0 Å². The number of hydrogen-bond acceptors (Lipinski definition) is 15. The normalized spacial score (nSPS) is 23.5. The summed E-state index contributed by atoms with van der Waals surface area (Å²) >= 11 is 1.25. The molecule has 0 aromatic heterocycles. The number of aliphatic hydroxyl groups excluding tert-OH is 1. The van der Waals surface area contributed by atoms with Gasteiger partial charge in [0.15, 0.2) is 0 Å². The third-order valence-electron chi connectivity index (χ3n) is 10.7. The number of esters is 1. The number of β-lactam (4-membered cyclic amide) rings is 1. The molecule has 0 bridgehead atoms. The van der Waals surface area contributed by atoms with E-state index in [1.54, 1.807) is 4.90 Å². The maximum atomic E-state index is 14.2. The van der Waals surface area contributed by atoms with Gasteiger partial charge in [-0.05, 0) is 48.7 Å². The molecule has 4 aliphatic rings. The SMILES string of the molecule is C[C@@H](O)[C@H]1C(=O)N2C(C(=O)OCc3ccc([N+](=O)[O-])cc3)=C(S[C@H]3C[C@@H](C(=O)N4CCN(CCOC(N)=O)CC4)N(C(=O)OCc4ccc([N+](=O)[O-])cc4)C3)[C@H](C)[C@H]12. The zero-order valence-electron chi connectivity index (χ0n) is 31.7. The molecule has 0 saturated carbocycles. The van der Waals surface area contributed by atoms with Crippen molar-refractivity contribution in [2.24, 2.45) is 17.6 Å². The predicted molar refractivity (Wildman–Crippen MR) is 203 cm³/mol. The Kier molecular flexibility index (Phi) is 12.8. The maximum Gasteiger partial charge on any atom is 0.410 e. The molecule has 3 N–H and O–H groups in total. The van der Waals surface area contributed by atoms with Crippen LogP contribution in [0, 0.1) is 32.1 Å². The van der Waals surface area contributed by atoms with Gasteiger partial charge >= 0.3 is 18.2 Å². The summed E-state index contributed by atoms with van der Waals surface area (Å²) in [5.41, 5.74) is 5.77. The molecular weight excluding hydrogens is 783 g/mol. The van der Waals surface area contributed by atoms with E-state index in [0.29, 0.717) is 48.8 Å². The number of nitrogens with zero attached hydrogens (tertiary/aromatic N) is 6. The van der Waals surface area contributed by atoms with E-state index in [2.05, 4.69) is 0 Å². The smallest absolute Gasteiger partial charge is 0.410 e. The summed E-state index contributed by atoms with van der Waals surface area (Å²) in [5.74, 6) is -2.76. The number of carbonyl (C=O) groups is 5. The van der Waals surface area contributed by atoms with Gasteiger partial charge in [-0.25, -0.2) is 14.4 Å². The summed E-state index contributed by atoms with van der Waals surface area (Å²) in [6, 6.07) is 9.50. The number of amides is 4. The third kappa shape index (κ3) is 9.00. The van der Waals surface area contributed by atoms with Crippen LogP contribution in [0.3, 0.4) is 0 Å². The quantitative estimate of drug-likeness (QED) is 0.0911. The standard InChI is InChI=1S/C37H43N7O13S/c1-21-30-29(22(2)45)34(47)42(30)31(35(48)56-19-23-3-7-25(8-4-23)43(51)52)32(21)58-27-17-28(33(46)40-13-11-39(12-14-40)15-16-55-36(38)49)41(18-27)37(50)57-20-24-5-9-26(10-6-24)44(53)54/h3-10,21-22,27-30,45H,11-20H2,1-2H3,(H2,38,49)/t21-,22-,27+,28+,29-,30-/m1/s1. The number of non-ortho nitro benzene ring substituents is 2. The summed E-state index contributed by atoms with van der Waals surface area (Å²) in [4.78, 5) is 94.0. The number of thioether (sulfide) groups is 1. The average Bonchev–Trinajstić information content (AvgIpc) is 3.72. The molecule has 2 aromatic carbocycles. The lowest BCUT2D eigenvalue weighted by Crippen LogP contribution is -2.63. The lowest BCUT2D eigenvalue weighted by molar-refractivity contribution is -0.385. The van der Waals surface area contributed by atoms with Crippen LogP contribution in [0.25, 0.3) is 0 Å². The number of likely N-dealkylation sites (tertiary alicyclic amines) is 1. The van der Waals surface area contributed by atoms with Crippen LogP contribution >= 0.6 is 11.8 Å². The second-order valence-corrected chi connectivity index (χ2v) is 15.8. The van der Waals surface area contributed by atoms with Crippen LogP contribution in [0.1, 0.15) is 31.4 Å². The molecule has 20 nitrogen and oxygen atoms in total. The van der Waals surface area contributed by atoms with Crippen LogP contribution in [0.2, 0.25) is 0 Å². The summed E-state index contributed by atoms with van der Waals surface area (Å²) in [5, 5.41) is 32.2. The van der Waals surface area contributed by atoms with Crippen molar-refractivity contribution in [2.45, 2.75) is 56.9 Å². The van der Waals surface area contributed by atoms with E-state index in [0.717, 1.165) is 0 Å². The fourth-order valence-corrected chi connectivity index (χ4v) is 9.24. The monoisotopic (exact) mass is 825 g/mol. The molecule has 4 heterocycles. The van der Waals surface area contributed by atoms with Gasteiger partial charge in [0, 0.05) is 79.6 Å². The van der Waals surface area contributed by atoms with Gasteiger partial charge in [-0.2, -0.15) is 0 Å². The number of nitro benzene ring substituents is 2. The number of carbonyl (C=O) groups excluding carboxylic acids is 5. The Morgan fingerprint density at radius 3 is 2.02 bits per heavy atom. The maximum absolute atomic E-state index is 14.2. The minimum atomic E-state index is -0.997. The summed E-state index contributed by atoms with van der Waals surface area (Å²) in [6.07, 6.45) is -2.49. The molecule has 21 heteroatoms. The largest absolute Gasteiger partial charge is 0.456 e. The molecular formula is C37H43N7O13S. The van der Waals surface area contributed by atoms with E-state index in [9.17, 15) is 49.3 Å². The molecule has 0 aliphatic carbocycles. The van der Waals surface area contributed by atoms with E-state index in [4.69, 9.17) is 19.9 Å². The van der Waals surface area contributed by atoms with E-state index < -0.39 is 69.2 Å². The van der Waals surface area contributed by atoms with Crippen molar-refractivity contribution in [3.63, 3.8) is 0 Å². The van der Waals surface area contributed by atoms with Crippen molar-refractivity contribution in [2.75, 3.05) is 45.9 Å². The Hall–Kier alpha value is -5.80. The number of piperazine rings is 1. The van der Waals surface area contributed by atoms with Crippen LogP contribution in [-0.4, -0.2) is 134 Å². The molecule has 58 heavy (non-hydrogen) atoms. The number of hydrogen-bond donors (Lipinski definition) is 2. The molecule has 4 aliphatic heterocycles. The lowest BCUT2D eigenvalue weighted by atomic mass is 9.79. The van der Waals surface area contributed by atoms with Crippen LogP contribution in [0.15, 0.2) is 59.1 Å². The van der Waals surface area contributed by atoms with Crippen molar-refractivity contribution in [3.05, 3.63) is 90.5 Å². The first-order chi connectivity index (χ1) is 27.6. The highest BCUT2D eigenvalue weighted by Gasteiger charge is 2.60. The van der Waals surface area contributed by atoms with E-state index in [1.807, 2.05) is 11.8 Å². The number of ether oxygens (including phenoxy) is 3. The molecule has 6 atom stereocenters. The Morgan fingerprint density at radius 2 is 1.48 bits per heavy atom. The number of aliphatic hydroxyl groups is 1. The van der Waals surface area contributed by atoms with Crippen molar-refractivity contribution in [1.82, 2.24) is 19.6 Å². The molecule has 0 spiro atoms. The Labute approximate surface area is 336 Å².